The number of hydrogen-bond acceptors (Lipinski definition) is 0. The highest BCUT2D eigenvalue weighted by atomic mass is 14.9. The molecule has 0 aliphatic heterocycles. The van der Waals surface area contributed by atoms with Crippen LogP contribution in [0.25, 0.3) is 0 Å². The molecule has 44 unspecified atom stereocenters. The summed E-state index contributed by atoms with van der Waals surface area (Å²) in [5, 5.41) is 0. The molecule has 0 heteroatoms. The molecule has 0 saturated heterocycles. The zero-order chi connectivity index (χ0) is 60.6. The second kappa shape index (κ2) is 19.4. The van der Waals surface area contributed by atoms with Gasteiger partial charge in [0.25, 0.3) is 0 Å². The van der Waals surface area contributed by atoms with Gasteiger partial charge in [-0.25, -0.2) is 0 Å². The van der Waals surface area contributed by atoms with Crippen molar-refractivity contribution >= 4 is 0 Å². The molecule has 0 heterocycles. The van der Waals surface area contributed by atoms with Gasteiger partial charge in [0, 0.05) is 0 Å². The van der Waals surface area contributed by atoms with Crippen molar-refractivity contribution in [1.82, 2.24) is 0 Å². The predicted molar refractivity (Wildman–Crippen MR) is 380 cm³/mol. The lowest BCUT2D eigenvalue weighted by atomic mass is 9.38. The molecule has 96 heavy (non-hydrogen) atoms. The van der Waals surface area contributed by atoms with E-state index in [-0.39, 0.29) is 0 Å². The van der Waals surface area contributed by atoms with Crippen LogP contribution in [0, 0.1) is 331 Å². The van der Waals surface area contributed by atoms with Crippen molar-refractivity contribution in [2.45, 2.75) is 257 Å². The Morgan fingerprint density at radius 1 is 0.0729 bits per heavy atom. The average Bonchev–Trinajstić information content (AvgIpc) is 1.47. The number of rotatable bonds is 0. The number of fused-ring (bicyclic) bond motifs is 20. The van der Waals surface area contributed by atoms with Gasteiger partial charge in [-0.15, -0.1) is 0 Å². The highest BCUT2D eigenvalue weighted by Crippen LogP contribution is 2.88. The van der Waals surface area contributed by atoms with E-state index in [0.29, 0.717) is 0 Å². The van der Waals surface area contributed by atoms with Crippen LogP contribution in [0.2, 0.25) is 0 Å². The minimum atomic E-state index is 1.11. The van der Waals surface area contributed by atoms with Crippen LogP contribution in [-0.4, -0.2) is 0 Å². The fraction of sp³-hybridized carbons (Fsp3) is 1.00. The third-order valence-electron chi connectivity index (χ3n) is 47.6. The fourth-order valence-electron chi connectivity index (χ4n) is 48.5. The standard InChI is InChI=1S/C96H136/c1-2-42-9-41(1)13-49-21-57-59-23-51-15-43-3-4-45(10-43)17-53-25-61-62-26-55-19-47-7-8-48(12-47)20-56-28-64-63-27-54-18-46-6-5-44(11-46)16-52-24-60-58-22-50(14-42)30-66(58)82-74-37-73-81(65(57)29-49)83(67(59)31-51)75-38-77-85(69(61)33-53)87(71(62)35-55)79-40-80-88(72(64)36-56)86(70(63)34-54)78-39-76(84(82)68(60)32-52)92-90(74)89(73)91(75)93(77)95(79)96(80)94(78)92/h41-96H,1-40H2/t41-,42+,43+,44-,45?,46?,47?,48?,49+,50-,51-,52+,53?,54?,55?,56?,57+,58-,59-,60+,61?,62?,63?,64?,65?,66?,67?,68?,69?,70?,71?,72?,73?,74?,75?,76?,77?,78?,79?,80?,81?,82?,83?,84?,85?,86?,87?,88?,89?,90?,91?,92?,93?,94?,95?,96?. The Labute approximate surface area is 584 Å². The molecule has 0 aromatic heterocycles. The average molecular weight is 1290 g/mol. The summed E-state index contributed by atoms with van der Waals surface area (Å²) in [5.74, 6) is 65.0. The van der Waals surface area contributed by atoms with Crippen molar-refractivity contribution in [2.24, 2.45) is 331 Å². The van der Waals surface area contributed by atoms with E-state index >= 15 is 0 Å². The Hall–Kier alpha value is 0. The molecule has 29 rings (SSSR count). The van der Waals surface area contributed by atoms with Gasteiger partial charge in [0.05, 0.1) is 0 Å². The molecule has 0 N–H and O–H groups in total. The molecule has 56 atom stereocenters. The zero-order valence-electron chi connectivity index (χ0n) is 60.6. The fourth-order valence-corrected chi connectivity index (χ4v) is 48.5. The van der Waals surface area contributed by atoms with Gasteiger partial charge in [0.2, 0.25) is 0 Å². The minimum Gasteiger partial charge on any atom is -0.0502 e. The molecule has 0 amide bonds. The van der Waals surface area contributed by atoms with Crippen molar-refractivity contribution in [3.8, 4) is 0 Å². The van der Waals surface area contributed by atoms with E-state index in [0.717, 1.165) is 142 Å². The van der Waals surface area contributed by atoms with Gasteiger partial charge in [-0.1, -0.05) is 51.4 Å². The molecule has 29 aliphatic rings. The van der Waals surface area contributed by atoms with Crippen molar-refractivity contribution in [1.29, 1.82) is 0 Å². The van der Waals surface area contributed by atoms with Crippen molar-refractivity contribution in [2.75, 3.05) is 0 Å². The molecule has 0 aromatic carbocycles. The maximum Gasteiger partial charge on any atom is -0.0315 e. The van der Waals surface area contributed by atoms with Gasteiger partial charge in [-0.3, -0.25) is 0 Å². The summed E-state index contributed by atoms with van der Waals surface area (Å²) in [5.41, 5.74) is 0. The van der Waals surface area contributed by atoms with Crippen LogP contribution in [-0.2, 0) is 0 Å². The third-order valence-corrected chi connectivity index (χ3v) is 47.6. The van der Waals surface area contributed by atoms with E-state index < -0.39 is 0 Å². The van der Waals surface area contributed by atoms with Crippen LogP contribution >= 0.6 is 0 Å². The zero-order valence-corrected chi connectivity index (χ0v) is 60.6. The molecule has 520 valence electrons. The second-order valence-electron chi connectivity index (χ2n) is 48.9. The van der Waals surface area contributed by atoms with Crippen molar-refractivity contribution in [3.05, 3.63) is 0 Å². The van der Waals surface area contributed by atoms with Gasteiger partial charge in [0.15, 0.2) is 0 Å². The van der Waals surface area contributed by atoms with Crippen LogP contribution < -0.4 is 0 Å². The Morgan fingerprint density at radius 3 is 0.323 bits per heavy atom. The minimum absolute atomic E-state index is 1.11. The lowest BCUT2D eigenvalue weighted by Crippen LogP contribution is -2.63. The molecule has 32 bridgehead atoms. The topological polar surface area (TPSA) is 0 Å². The monoisotopic (exact) mass is 1290 g/mol. The molecular weight excluding hydrogens is 1150 g/mol. The Morgan fingerprint density at radius 2 is 0.188 bits per heavy atom. The Kier molecular flexibility index (Phi) is 11.4. The first kappa shape index (κ1) is 56.3. The Bertz CT molecular complexity index is 2570. The maximum atomic E-state index is 1.87. The SMILES string of the molecule is C1CC2CC1CC1CC3C4CC5CC6CC[C@H](C6)C[C@@H]6CC7C8C9CC%10C(C4C5)C(C3C1)C1CC3C4C5CC(C2)CC5C2CC5CC%11CC[C@@H](C%11)C[C@H]%11CC%12C%13C%14CC(C4C2C5)C2C3C1C%10C9C1C3CC(C1C%142)C%13C1C[C@@H](C[C@@H]2CC[C@@H](C2)C[C@H]2CC(C38)[C@H](C2)[C@@H]7C6)C[C@H]1[C@H]%12C%11. The number of hydrogen-bond donors (Lipinski definition) is 0. The van der Waals surface area contributed by atoms with Gasteiger partial charge >= 0.3 is 0 Å². The smallest absolute Gasteiger partial charge is 0.0315 e. The van der Waals surface area contributed by atoms with Crippen LogP contribution in [0.3, 0.4) is 0 Å². The first-order valence-corrected chi connectivity index (χ1v) is 47.4. The van der Waals surface area contributed by atoms with Crippen LogP contribution in [0.1, 0.15) is 257 Å². The van der Waals surface area contributed by atoms with Crippen molar-refractivity contribution in [3.63, 3.8) is 0 Å². The highest BCUT2D eigenvalue weighted by Gasteiger charge is 2.83. The van der Waals surface area contributed by atoms with E-state index in [1.165, 1.54) is 189 Å². The molecule has 0 radical (unpaired) electrons. The quantitative estimate of drug-likeness (QED) is 0.227. The highest BCUT2D eigenvalue weighted by molar-refractivity contribution is 5.31. The van der Waals surface area contributed by atoms with E-state index in [4.69, 9.17) is 0 Å². The van der Waals surface area contributed by atoms with E-state index in [9.17, 15) is 0 Å². The van der Waals surface area contributed by atoms with Gasteiger partial charge < -0.3 is 0 Å². The lowest BCUT2D eigenvalue weighted by molar-refractivity contribution is -0.198. The molecular formula is C96H136. The van der Waals surface area contributed by atoms with Gasteiger partial charge in [-0.05, 0) is 537 Å². The maximum absolute atomic E-state index is 1.87. The van der Waals surface area contributed by atoms with E-state index in [2.05, 4.69) is 0 Å². The van der Waals surface area contributed by atoms with Gasteiger partial charge in [0.1, 0.15) is 0 Å². The Balaban J connectivity index is 0.689. The summed E-state index contributed by atoms with van der Waals surface area (Å²) >= 11 is 0. The van der Waals surface area contributed by atoms with Crippen LogP contribution in [0.5, 0.6) is 0 Å². The summed E-state index contributed by atoms with van der Waals surface area (Å²) in [6, 6.07) is 0. The normalized spacial score (nSPS) is 73.0. The summed E-state index contributed by atoms with van der Waals surface area (Å²) in [6.07, 6.45) is 69.6. The van der Waals surface area contributed by atoms with Crippen LogP contribution in [0.15, 0.2) is 0 Å². The molecule has 29 aliphatic carbocycles. The van der Waals surface area contributed by atoms with E-state index in [1.54, 1.807) is 231 Å². The van der Waals surface area contributed by atoms with Gasteiger partial charge in [-0.2, -0.15) is 0 Å². The molecule has 0 nitrogen and oxygen atoms in total. The van der Waals surface area contributed by atoms with E-state index in [1.807, 2.05) is 25.7 Å². The lowest BCUT2D eigenvalue weighted by Gasteiger charge is -2.67. The first-order valence-electron chi connectivity index (χ1n) is 47.4. The molecule has 29 saturated carbocycles. The van der Waals surface area contributed by atoms with Crippen molar-refractivity contribution < 1.29 is 0 Å². The summed E-state index contributed by atoms with van der Waals surface area (Å²) in [6.45, 7) is 0. The summed E-state index contributed by atoms with van der Waals surface area (Å²) < 4.78 is 0. The summed E-state index contributed by atoms with van der Waals surface area (Å²) in [7, 11) is 0. The first-order chi connectivity index (χ1) is 47.4. The molecule has 0 spiro atoms. The van der Waals surface area contributed by atoms with Crippen LogP contribution in [0.4, 0.5) is 0 Å². The second-order valence-corrected chi connectivity index (χ2v) is 48.9. The third kappa shape index (κ3) is 7.03. The predicted octanol–water partition coefficient (Wildman–Crippen LogP) is 22.5. The molecule has 29 fully saturated rings. The largest absolute Gasteiger partial charge is 0.0502 e. The molecule has 0 aromatic rings. The summed E-state index contributed by atoms with van der Waals surface area (Å²) in [4.78, 5) is 0.